The lowest BCUT2D eigenvalue weighted by Gasteiger charge is -2.21. The molecule has 0 radical (unpaired) electrons. The highest BCUT2D eigenvalue weighted by Crippen LogP contribution is 2.13. The maximum absolute atomic E-state index is 12.2. The minimum atomic E-state index is -0.943. The van der Waals surface area contributed by atoms with Gasteiger partial charge in [0.1, 0.15) is 0 Å². The first-order valence-corrected chi connectivity index (χ1v) is 14.1. The molecule has 0 fully saturated rings. The third kappa shape index (κ3) is 21.4. The van der Waals surface area contributed by atoms with Crippen LogP contribution in [0.25, 0.3) is 0 Å². The van der Waals surface area contributed by atoms with Crippen molar-refractivity contribution in [1.29, 1.82) is 0 Å². The lowest BCUT2D eigenvalue weighted by atomic mass is 10.0. The third-order valence-corrected chi connectivity index (χ3v) is 6.24. The van der Waals surface area contributed by atoms with Gasteiger partial charge in [-0.2, -0.15) is 0 Å². The molecule has 0 aromatic heterocycles. The molecule has 0 aliphatic heterocycles. The van der Waals surface area contributed by atoms with Gasteiger partial charge in [0.2, 0.25) is 5.91 Å². The quantitative estimate of drug-likeness (QED) is 0.0954. The van der Waals surface area contributed by atoms with E-state index in [9.17, 15) is 20.1 Å². The van der Waals surface area contributed by atoms with Crippen LogP contribution in [-0.2, 0) is 4.79 Å². The highest BCUT2D eigenvalue weighted by molar-refractivity contribution is 5.76. The lowest BCUT2D eigenvalue weighted by Crippen LogP contribution is -2.45. The summed E-state index contributed by atoms with van der Waals surface area (Å²) in [5, 5.41) is 32.6. The molecule has 3 unspecified atom stereocenters. The minimum absolute atomic E-state index is 0.00713. The van der Waals surface area contributed by atoms with E-state index in [1.165, 1.54) is 70.6 Å². The summed E-state index contributed by atoms with van der Waals surface area (Å²) in [6.07, 6.45) is 25.8. The Kier molecular flexibility index (Phi) is 24.1. The molecular formula is C29H55NO4. The number of carbonyl (C=O) groups is 1. The van der Waals surface area contributed by atoms with Crippen molar-refractivity contribution in [3.63, 3.8) is 0 Å². The second kappa shape index (κ2) is 24.9. The summed E-state index contributed by atoms with van der Waals surface area (Å²) in [7, 11) is 0. The number of unbranched alkanes of at least 4 members (excludes halogenated alkanes) is 13. The van der Waals surface area contributed by atoms with E-state index in [2.05, 4.69) is 31.3 Å². The van der Waals surface area contributed by atoms with Crippen molar-refractivity contribution in [2.45, 2.75) is 148 Å². The summed E-state index contributed by atoms with van der Waals surface area (Å²) in [6, 6.07) is -0.752. The number of allylic oxidation sites excluding steroid dienone is 3. The molecule has 0 aromatic carbocycles. The van der Waals surface area contributed by atoms with Crippen molar-refractivity contribution >= 4 is 5.91 Å². The Hall–Kier alpha value is -1.17. The van der Waals surface area contributed by atoms with Crippen molar-refractivity contribution in [1.82, 2.24) is 5.32 Å². The number of aliphatic hydroxyl groups excluding tert-OH is 3. The largest absolute Gasteiger partial charge is 0.394 e. The van der Waals surface area contributed by atoms with Gasteiger partial charge in [-0.05, 0) is 32.1 Å². The van der Waals surface area contributed by atoms with Gasteiger partial charge in [-0.15, -0.1) is 0 Å². The standard InChI is InChI=1S/C29H55NO4/c1-3-5-7-9-11-13-15-16-18-20-22-26(32)24-29(34)30-27(25-31)28(33)23-21-19-17-14-12-10-8-6-4-2/h12,14,21,23,26-28,31-33H,3-11,13,15-20,22,24-25H2,1-2H3,(H,30,34)/b14-12+,23-21+. The zero-order valence-corrected chi connectivity index (χ0v) is 22.2. The minimum Gasteiger partial charge on any atom is -0.394 e. The Labute approximate surface area is 210 Å². The molecule has 200 valence electrons. The molecular weight excluding hydrogens is 426 g/mol. The van der Waals surface area contributed by atoms with Crippen molar-refractivity contribution in [3.05, 3.63) is 24.3 Å². The molecule has 0 rings (SSSR count). The summed E-state index contributed by atoms with van der Waals surface area (Å²) in [5.41, 5.74) is 0. The zero-order valence-electron chi connectivity index (χ0n) is 22.2. The van der Waals surface area contributed by atoms with Crippen LogP contribution >= 0.6 is 0 Å². The molecule has 0 bridgehead atoms. The Bertz CT molecular complexity index is 506. The van der Waals surface area contributed by atoms with Crippen molar-refractivity contribution in [2.75, 3.05) is 6.61 Å². The highest BCUT2D eigenvalue weighted by Gasteiger charge is 2.19. The first-order chi connectivity index (χ1) is 16.5. The zero-order chi connectivity index (χ0) is 25.3. The predicted octanol–water partition coefficient (Wildman–Crippen LogP) is 6.36. The Morgan fingerprint density at radius 1 is 0.735 bits per heavy atom. The van der Waals surface area contributed by atoms with E-state index in [0.29, 0.717) is 6.42 Å². The number of hydrogen-bond donors (Lipinski definition) is 4. The lowest BCUT2D eigenvalue weighted by molar-refractivity contribution is -0.124. The van der Waals surface area contributed by atoms with Crippen LogP contribution in [-0.4, -0.2) is 46.1 Å². The third-order valence-electron chi connectivity index (χ3n) is 6.24. The Morgan fingerprint density at radius 3 is 1.88 bits per heavy atom. The van der Waals surface area contributed by atoms with Crippen LogP contribution < -0.4 is 5.32 Å². The van der Waals surface area contributed by atoms with Crippen LogP contribution in [0.2, 0.25) is 0 Å². The van der Waals surface area contributed by atoms with E-state index in [1.54, 1.807) is 6.08 Å². The van der Waals surface area contributed by atoms with Crippen molar-refractivity contribution in [3.8, 4) is 0 Å². The van der Waals surface area contributed by atoms with Crippen LogP contribution in [0.15, 0.2) is 24.3 Å². The number of hydrogen-bond acceptors (Lipinski definition) is 4. The summed E-state index contributed by atoms with van der Waals surface area (Å²) < 4.78 is 0. The molecule has 0 heterocycles. The maximum Gasteiger partial charge on any atom is 0.222 e. The van der Waals surface area contributed by atoms with Crippen molar-refractivity contribution < 1.29 is 20.1 Å². The van der Waals surface area contributed by atoms with Gasteiger partial charge in [-0.3, -0.25) is 4.79 Å². The van der Waals surface area contributed by atoms with Crippen LogP contribution in [0, 0.1) is 0 Å². The highest BCUT2D eigenvalue weighted by atomic mass is 16.3. The fraction of sp³-hybridized carbons (Fsp3) is 0.828. The second-order valence-electron chi connectivity index (χ2n) is 9.65. The Morgan fingerprint density at radius 2 is 1.26 bits per heavy atom. The Balaban J connectivity index is 3.90. The molecule has 34 heavy (non-hydrogen) atoms. The summed E-state index contributed by atoms with van der Waals surface area (Å²) in [4.78, 5) is 12.2. The molecule has 0 saturated heterocycles. The van der Waals surface area contributed by atoms with Gasteiger partial charge in [0, 0.05) is 0 Å². The normalized spacial score (nSPS) is 14.6. The number of aliphatic hydroxyl groups is 3. The van der Waals surface area contributed by atoms with E-state index in [0.717, 1.165) is 32.1 Å². The molecule has 5 heteroatoms. The van der Waals surface area contributed by atoms with E-state index in [1.807, 2.05) is 6.08 Å². The topological polar surface area (TPSA) is 89.8 Å². The average molecular weight is 482 g/mol. The number of rotatable bonds is 24. The average Bonchev–Trinajstić information content (AvgIpc) is 2.82. The fourth-order valence-electron chi connectivity index (χ4n) is 4.00. The monoisotopic (exact) mass is 481 g/mol. The van der Waals surface area contributed by atoms with E-state index in [-0.39, 0.29) is 18.9 Å². The molecule has 0 spiro atoms. The first-order valence-electron chi connectivity index (χ1n) is 14.1. The van der Waals surface area contributed by atoms with Crippen LogP contribution in [0.4, 0.5) is 0 Å². The molecule has 4 N–H and O–H groups in total. The molecule has 0 aliphatic carbocycles. The van der Waals surface area contributed by atoms with Gasteiger partial charge in [0.05, 0.1) is 31.3 Å². The van der Waals surface area contributed by atoms with Gasteiger partial charge in [-0.1, -0.05) is 115 Å². The SMILES string of the molecule is CCCCC/C=C/CC/C=C/C(O)C(CO)NC(=O)CC(O)CCCCCCCCCCCC. The molecule has 5 nitrogen and oxygen atoms in total. The summed E-state index contributed by atoms with van der Waals surface area (Å²) in [6.45, 7) is 4.09. The van der Waals surface area contributed by atoms with Gasteiger partial charge in [0.25, 0.3) is 0 Å². The van der Waals surface area contributed by atoms with E-state index < -0.39 is 18.2 Å². The number of amides is 1. The van der Waals surface area contributed by atoms with Crippen molar-refractivity contribution in [2.24, 2.45) is 0 Å². The fourth-order valence-corrected chi connectivity index (χ4v) is 4.00. The molecule has 0 saturated carbocycles. The first kappa shape index (κ1) is 32.8. The molecule has 1 amide bonds. The maximum atomic E-state index is 12.2. The predicted molar refractivity (Wildman–Crippen MR) is 144 cm³/mol. The summed E-state index contributed by atoms with van der Waals surface area (Å²) >= 11 is 0. The summed E-state index contributed by atoms with van der Waals surface area (Å²) in [5.74, 6) is -0.332. The number of nitrogens with one attached hydrogen (secondary N) is 1. The van der Waals surface area contributed by atoms with Crippen LogP contribution in [0.3, 0.4) is 0 Å². The molecule has 3 atom stereocenters. The van der Waals surface area contributed by atoms with E-state index >= 15 is 0 Å². The smallest absolute Gasteiger partial charge is 0.222 e. The van der Waals surface area contributed by atoms with E-state index in [4.69, 9.17) is 0 Å². The molecule has 0 aromatic rings. The van der Waals surface area contributed by atoms with Gasteiger partial charge >= 0.3 is 0 Å². The van der Waals surface area contributed by atoms with Gasteiger partial charge < -0.3 is 20.6 Å². The number of carbonyl (C=O) groups excluding carboxylic acids is 1. The van der Waals surface area contributed by atoms with Crippen LogP contribution in [0.1, 0.15) is 129 Å². The second-order valence-corrected chi connectivity index (χ2v) is 9.65. The van der Waals surface area contributed by atoms with Gasteiger partial charge in [0.15, 0.2) is 0 Å². The van der Waals surface area contributed by atoms with Crippen LogP contribution in [0.5, 0.6) is 0 Å². The van der Waals surface area contributed by atoms with Gasteiger partial charge in [-0.25, -0.2) is 0 Å². The molecule has 0 aliphatic rings.